The third-order valence-corrected chi connectivity index (χ3v) is 4.84. The van der Waals surface area contributed by atoms with Gasteiger partial charge >= 0.3 is 0 Å². The molecule has 0 heterocycles. The maximum absolute atomic E-state index is 9.38. The Hall–Kier alpha value is 0.270. The quantitative estimate of drug-likeness (QED) is 0.739. The number of hydrogen-bond donors (Lipinski definition) is 2. The molecule has 0 radical (unpaired) electrons. The van der Waals surface area contributed by atoms with Crippen LogP contribution in [0, 0.1) is 0 Å². The van der Waals surface area contributed by atoms with Gasteiger partial charge in [-0.2, -0.15) is 11.8 Å². The average Bonchev–Trinajstić information content (AvgIpc) is 2.63. The summed E-state index contributed by atoms with van der Waals surface area (Å²) in [7, 11) is 0. The molecule has 1 aliphatic rings. The molecule has 2 unspecified atom stereocenters. The molecule has 0 bridgehead atoms. The molecule has 0 saturated heterocycles. The maximum Gasteiger partial charge on any atom is 0.0662 e. The standard InChI is InChI=1S/C11H23NOS/c1-9(10(2)13)12-8-11(14-3)6-4-5-7-11/h9-10,12-13H,4-8H2,1-3H3. The molecule has 0 amide bonds. The number of aliphatic hydroxyl groups is 1. The van der Waals surface area contributed by atoms with Crippen molar-refractivity contribution in [3.63, 3.8) is 0 Å². The largest absolute Gasteiger partial charge is 0.392 e. The molecule has 2 N–H and O–H groups in total. The second-order valence-corrected chi connectivity index (χ2v) is 5.78. The van der Waals surface area contributed by atoms with E-state index in [0.717, 1.165) is 6.54 Å². The van der Waals surface area contributed by atoms with E-state index in [2.05, 4.69) is 11.6 Å². The monoisotopic (exact) mass is 217 g/mol. The van der Waals surface area contributed by atoms with Gasteiger partial charge in [-0.25, -0.2) is 0 Å². The van der Waals surface area contributed by atoms with Gasteiger partial charge in [-0.05, 0) is 32.9 Å². The Morgan fingerprint density at radius 3 is 2.36 bits per heavy atom. The summed E-state index contributed by atoms with van der Waals surface area (Å²) < 4.78 is 0.448. The van der Waals surface area contributed by atoms with Crippen LogP contribution in [0.2, 0.25) is 0 Å². The Morgan fingerprint density at radius 2 is 1.93 bits per heavy atom. The molecule has 0 spiro atoms. The fourth-order valence-corrected chi connectivity index (χ4v) is 2.91. The molecule has 84 valence electrons. The number of thioether (sulfide) groups is 1. The van der Waals surface area contributed by atoms with E-state index in [1.54, 1.807) is 0 Å². The van der Waals surface area contributed by atoms with Crippen molar-refractivity contribution < 1.29 is 5.11 Å². The Labute approximate surface area is 91.9 Å². The van der Waals surface area contributed by atoms with Crippen molar-refractivity contribution in [2.24, 2.45) is 0 Å². The summed E-state index contributed by atoms with van der Waals surface area (Å²) in [6, 6.07) is 0.208. The van der Waals surface area contributed by atoms with E-state index >= 15 is 0 Å². The summed E-state index contributed by atoms with van der Waals surface area (Å²) >= 11 is 1.99. The first-order chi connectivity index (χ1) is 6.59. The topological polar surface area (TPSA) is 32.3 Å². The maximum atomic E-state index is 9.38. The van der Waals surface area contributed by atoms with Gasteiger partial charge in [0, 0.05) is 17.3 Å². The molecule has 1 saturated carbocycles. The highest BCUT2D eigenvalue weighted by atomic mass is 32.2. The van der Waals surface area contributed by atoms with E-state index in [4.69, 9.17) is 0 Å². The van der Waals surface area contributed by atoms with Gasteiger partial charge in [-0.1, -0.05) is 12.8 Å². The third-order valence-electron chi connectivity index (χ3n) is 3.42. The van der Waals surface area contributed by atoms with Crippen molar-refractivity contribution in [1.29, 1.82) is 0 Å². The second kappa shape index (κ2) is 5.38. The van der Waals surface area contributed by atoms with E-state index < -0.39 is 0 Å². The summed E-state index contributed by atoms with van der Waals surface area (Å²) in [6.45, 7) is 4.94. The zero-order chi connectivity index (χ0) is 10.6. The number of nitrogens with one attached hydrogen (secondary N) is 1. The van der Waals surface area contributed by atoms with Gasteiger partial charge in [-0.15, -0.1) is 0 Å². The van der Waals surface area contributed by atoms with Gasteiger partial charge in [0.1, 0.15) is 0 Å². The van der Waals surface area contributed by atoms with E-state index in [-0.39, 0.29) is 12.1 Å². The predicted octanol–water partition coefficient (Wildman–Crippen LogP) is 2.02. The molecule has 1 aliphatic carbocycles. The van der Waals surface area contributed by atoms with Gasteiger partial charge < -0.3 is 10.4 Å². The van der Waals surface area contributed by atoms with Crippen molar-refractivity contribution in [2.45, 2.75) is 56.4 Å². The highest BCUT2D eigenvalue weighted by Gasteiger charge is 2.33. The summed E-state index contributed by atoms with van der Waals surface area (Å²) in [5, 5.41) is 12.8. The van der Waals surface area contributed by atoms with Gasteiger partial charge in [-0.3, -0.25) is 0 Å². The number of hydrogen-bond acceptors (Lipinski definition) is 3. The molecule has 3 heteroatoms. The van der Waals surface area contributed by atoms with Gasteiger partial charge in [0.25, 0.3) is 0 Å². The van der Waals surface area contributed by atoms with Crippen LogP contribution in [0.4, 0.5) is 0 Å². The SMILES string of the molecule is CSC1(CNC(C)C(C)O)CCCC1. The molecular weight excluding hydrogens is 194 g/mol. The van der Waals surface area contributed by atoms with Crippen molar-refractivity contribution in [3.05, 3.63) is 0 Å². The molecule has 0 aromatic rings. The van der Waals surface area contributed by atoms with Crippen LogP contribution in [0.3, 0.4) is 0 Å². The number of rotatable bonds is 5. The van der Waals surface area contributed by atoms with E-state index in [1.165, 1.54) is 25.7 Å². The minimum Gasteiger partial charge on any atom is -0.392 e. The van der Waals surface area contributed by atoms with Gasteiger partial charge in [0.05, 0.1) is 6.10 Å². The summed E-state index contributed by atoms with van der Waals surface area (Å²) in [5.74, 6) is 0. The van der Waals surface area contributed by atoms with Crippen molar-refractivity contribution >= 4 is 11.8 Å². The van der Waals surface area contributed by atoms with E-state index in [1.807, 2.05) is 25.6 Å². The fourth-order valence-electron chi connectivity index (χ4n) is 1.99. The second-order valence-electron chi connectivity index (χ2n) is 4.50. The van der Waals surface area contributed by atoms with Crippen LogP contribution in [0.5, 0.6) is 0 Å². The Morgan fingerprint density at radius 1 is 1.36 bits per heavy atom. The first-order valence-electron chi connectivity index (χ1n) is 5.56. The molecule has 0 aromatic heterocycles. The molecule has 14 heavy (non-hydrogen) atoms. The van der Waals surface area contributed by atoms with Crippen molar-refractivity contribution in [3.8, 4) is 0 Å². The van der Waals surface area contributed by atoms with Crippen LogP contribution in [0.15, 0.2) is 0 Å². The molecule has 0 aromatic carbocycles. The average molecular weight is 217 g/mol. The minimum absolute atomic E-state index is 0.208. The third kappa shape index (κ3) is 3.14. The van der Waals surface area contributed by atoms with Crippen LogP contribution < -0.4 is 5.32 Å². The molecule has 1 fully saturated rings. The van der Waals surface area contributed by atoms with Crippen LogP contribution in [0.25, 0.3) is 0 Å². The van der Waals surface area contributed by atoms with Crippen LogP contribution in [-0.2, 0) is 0 Å². The zero-order valence-corrected chi connectivity index (χ0v) is 10.4. The number of aliphatic hydroxyl groups excluding tert-OH is 1. The lowest BCUT2D eigenvalue weighted by Gasteiger charge is -2.29. The Bertz CT molecular complexity index is 167. The fraction of sp³-hybridized carbons (Fsp3) is 1.00. The lowest BCUT2D eigenvalue weighted by atomic mass is 10.1. The highest BCUT2D eigenvalue weighted by molar-refractivity contribution is 8.00. The molecule has 1 rings (SSSR count). The van der Waals surface area contributed by atoms with E-state index in [9.17, 15) is 5.11 Å². The lowest BCUT2D eigenvalue weighted by Crippen LogP contribution is -2.43. The molecular formula is C11H23NOS. The summed E-state index contributed by atoms with van der Waals surface area (Å²) in [6.07, 6.45) is 7.34. The molecule has 0 aliphatic heterocycles. The van der Waals surface area contributed by atoms with Crippen molar-refractivity contribution in [1.82, 2.24) is 5.32 Å². The predicted molar refractivity (Wildman–Crippen MR) is 63.9 cm³/mol. The Balaban J connectivity index is 2.34. The van der Waals surface area contributed by atoms with Crippen molar-refractivity contribution in [2.75, 3.05) is 12.8 Å². The van der Waals surface area contributed by atoms with E-state index in [0.29, 0.717) is 4.75 Å². The molecule has 2 nitrogen and oxygen atoms in total. The first kappa shape index (κ1) is 12.3. The zero-order valence-electron chi connectivity index (χ0n) is 9.55. The normalized spacial score (nSPS) is 24.9. The Kier molecular flexibility index (Phi) is 4.74. The smallest absolute Gasteiger partial charge is 0.0662 e. The van der Waals surface area contributed by atoms with Gasteiger partial charge in [0.2, 0.25) is 0 Å². The summed E-state index contributed by atoms with van der Waals surface area (Å²) in [4.78, 5) is 0. The molecule has 2 atom stereocenters. The van der Waals surface area contributed by atoms with Crippen LogP contribution in [-0.4, -0.2) is 34.8 Å². The van der Waals surface area contributed by atoms with Gasteiger partial charge in [0.15, 0.2) is 0 Å². The van der Waals surface area contributed by atoms with Crippen LogP contribution in [0.1, 0.15) is 39.5 Å². The first-order valence-corrected chi connectivity index (χ1v) is 6.79. The minimum atomic E-state index is -0.254. The highest BCUT2D eigenvalue weighted by Crippen LogP contribution is 2.39. The summed E-state index contributed by atoms with van der Waals surface area (Å²) in [5.41, 5.74) is 0. The van der Waals surface area contributed by atoms with Crippen LogP contribution >= 0.6 is 11.8 Å². The lowest BCUT2D eigenvalue weighted by molar-refractivity contribution is 0.151.